The summed E-state index contributed by atoms with van der Waals surface area (Å²) in [6.07, 6.45) is 6.50. The van der Waals surface area contributed by atoms with Gasteiger partial charge in [0.2, 0.25) is 0 Å². The van der Waals surface area contributed by atoms with Crippen molar-refractivity contribution in [3.05, 3.63) is 130 Å². The van der Waals surface area contributed by atoms with E-state index in [4.69, 9.17) is 0 Å². The lowest BCUT2D eigenvalue weighted by molar-refractivity contribution is 0.753. The predicted octanol–water partition coefficient (Wildman–Crippen LogP) is 10.6. The van der Waals surface area contributed by atoms with Gasteiger partial charge in [-0.3, -0.25) is 0 Å². The molecule has 1 heterocycles. The van der Waals surface area contributed by atoms with Gasteiger partial charge in [0.25, 0.3) is 0 Å². The Morgan fingerprint density at radius 2 is 1.05 bits per heavy atom. The minimum Gasteiger partial charge on any atom is -0.0831 e. The maximum atomic E-state index is 2.51. The summed E-state index contributed by atoms with van der Waals surface area (Å²) in [5.41, 5.74) is 10.2. The molecule has 4 aromatic rings. The fourth-order valence-electron chi connectivity index (χ4n) is 6.80. The Morgan fingerprint density at radius 3 is 1.44 bits per heavy atom. The molecule has 0 N–H and O–H groups in total. The van der Waals surface area contributed by atoms with Crippen LogP contribution in [0.25, 0.3) is 0 Å². The van der Waals surface area contributed by atoms with Gasteiger partial charge in [-0.1, -0.05) is 147 Å². The molecule has 3 atom stereocenters. The van der Waals surface area contributed by atoms with Crippen LogP contribution in [0.3, 0.4) is 0 Å². The van der Waals surface area contributed by atoms with Crippen molar-refractivity contribution in [2.75, 3.05) is 0 Å². The molecule has 0 amide bonds. The summed E-state index contributed by atoms with van der Waals surface area (Å²) in [5, 5.41) is 3.79. The summed E-state index contributed by atoms with van der Waals surface area (Å²) < 4.78 is 0. The van der Waals surface area contributed by atoms with Crippen molar-refractivity contribution in [1.82, 2.24) is 0 Å². The van der Waals surface area contributed by atoms with E-state index in [1.165, 1.54) is 54.4 Å². The Morgan fingerprint density at radius 1 is 0.641 bits per heavy atom. The van der Waals surface area contributed by atoms with Crippen LogP contribution in [0.4, 0.5) is 0 Å². The molecule has 4 aromatic carbocycles. The molecule has 0 spiro atoms. The molecule has 0 nitrogen and oxygen atoms in total. The number of hydrogen-bond donors (Lipinski definition) is 0. The Labute approximate surface area is 239 Å². The number of aryl methyl sites for hydroxylation is 4. The molecule has 0 aliphatic carbocycles. The summed E-state index contributed by atoms with van der Waals surface area (Å²) in [6.45, 7) is 11.5. The lowest BCUT2D eigenvalue weighted by Crippen LogP contribution is -2.22. The highest BCUT2D eigenvalue weighted by atomic mass is 31.2. The van der Waals surface area contributed by atoms with Crippen molar-refractivity contribution < 1.29 is 0 Å². The quantitative estimate of drug-likeness (QED) is 0.182. The minimum absolute atomic E-state index is 0.307. The molecule has 1 fully saturated rings. The molecule has 202 valence electrons. The van der Waals surface area contributed by atoms with Gasteiger partial charge in [-0.05, 0) is 76.6 Å². The summed E-state index contributed by atoms with van der Waals surface area (Å²) in [7, 11) is -0.780. The van der Waals surface area contributed by atoms with Crippen LogP contribution in [-0.2, 0) is 0 Å². The number of rotatable bonds is 9. The van der Waals surface area contributed by atoms with Crippen molar-refractivity contribution in [1.29, 1.82) is 0 Å². The number of hydrogen-bond acceptors (Lipinski definition) is 0. The van der Waals surface area contributed by atoms with Gasteiger partial charge >= 0.3 is 0 Å². The smallest absolute Gasteiger partial charge is 0.00853 e. The van der Waals surface area contributed by atoms with Gasteiger partial charge < -0.3 is 0 Å². The molecule has 1 aliphatic heterocycles. The van der Waals surface area contributed by atoms with E-state index in [0.29, 0.717) is 16.7 Å². The first kappa shape index (κ1) is 28.3. The maximum Gasteiger partial charge on any atom is 0.00853 e. The van der Waals surface area contributed by atoms with Crippen LogP contribution in [-0.4, -0.2) is 5.40 Å². The summed E-state index contributed by atoms with van der Waals surface area (Å²) in [5.74, 6) is 0. The van der Waals surface area contributed by atoms with Gasteiger partial charge in [0, 0.05) is 16.7 Å². The SMILES string of the molecule is CCCCC(P(c1ccccc1)c1ccccc1)P1[C@H](c2cc(C)cc(C)c2)CC[C@H]1c1cc(C)cc(C)c1. The Kier molecular flexibility index (Phi) is 9.38. The van der Waals surface area contributed by atoms with Crippen LogP contribution in [0.15, 0.2) is 97.1 Å². The molecule has 1 unspecified atom stereocenters. The third-order valence-electron chi connectivity index (χ3n) is 8.22. The van der Waals surface area contributed by atoms with Crippen LogP contribution in [0.1, 0.15) is 83.7 Å². The van der Waals surface area contributed by atoms with E-state index in [2.05, 4.69) is 132 Å². The van der Waals surface area contributed by atoms with E-state index in [0.717, 1.165) is 0 Å². The molecule has 2 heteroatoms. The van der Waals surface area contributed by atoms with E-state index in [9.17, 15) is 0 Å². The number of unbranched alkanes of at least 4 members (excludes halogenated alkanes) is 1. The molecular formula is C37H44P2. The zero-order valence-corrected chi connectivity index (χ0v) is 26.2. The first-order valence-corrected chi connectivity index (χ1v) is 17.7. The van der Waals surface area contributed by atoms with Crippen LogP contribution in [0, 0.1) is 27.7 Å². The lowest BCUT2D eigenvalue weighted by Gasteiger charge is -2.40. The molecule has 39 heavy (non-hydrogen) atoms. The maximum absolute atomic E-state index is 2.51. The normalized spacial score (nSPS) is 18.5. The Balaban J connectivity index is 1.70. The largest absolute Gasteiger partial charge is 0.0831 e. The van der Waals surface area contributed by atoms with Crippen molar-refractivity contribution in [3.63, 3.8) is 0 Å². The highest BCUT2D eigenvalue weighted by Crippen LogP contribution is 2.78. The van der Waals surface area contributed by atoms with Crippen molar-refractivity contribution in [2.24, 2.45) is 0 Å². The molecule has 0 saturated carbocycles. The van der Waals surface area contributed by atoms with Gasteiger partial charge in [-0.2, -0.15) is 0 Å². The lowest BCUT2D eigenvalue weighted by atomic mass is 9.99. The van der Waals surface area contributed by atoms with E-state index < -0.39 is 7.92 Å². The molecule has 1 aliphatic rings. The number of benzene rings is 4. The molecular weight excluding hydrogens is 506 g/mol. The van der Waals surface area contributed by atoms with Gasteiger partial charge in [-0.15, -0.1) is 0 Å². The summed E-state index contributed by atoms with van der Waals surface area (Å²) in [6, 6.07) is 37.8. The van der Waals surface area contributed by atoms with Crippen molar-refractivity contribution in [2.45, 2.75) is 83.4 Å². The zero-order chi connectivity index (χ0) is 27.4. The highest BCUT2D eigenvalue weighted by molar-refractivity contribution is 7.84. The molecule has 0 aromatic heterocycles. The van der Waals surface area contributed by atoms with Gasteiger partial charge in [0.15, 0.2) is 0 Å². The third kappa shape index (κ3) is 6.56. The second-order valence-electron chi connectivity index (χ2n) is 11.6. The first-order valence-electron chi connectivity index (χ1n) is 14.8. The second kappa shape index (κ2) is 12.9. The standard InChI is InChI=1S/C37H44P2/c1-6-7-18-37(38(33-14-10-8-11-15-33)34-16-12-9-13-17-34)39-35(31-23-27(2)21-28(3)24-31)19-20-36(39)32-25-29(4)22-30(5)26-32/h8-17,21-26,35-37H,6-7,18-20H2,1-5H3/t35-,36-,37?/m0/s1. The van der Waals surface area contributed by atoms with Gasteiger partial charge in [0.05, 0.1) is 0 Å². The topological polar surface area (TPSA) is 0 Å². The summed E-state index contributed by atoms with van der Waals surface area (Å²) in [4.78, 5) is 0. The fraction of sp³-hybridized carbons (Fsp3) is 0.351. The van der Waals surface area contributed by atoms with Crippen LogP contribution >= 0.6 is 15.8 Å². The van der Waals surface area contributed by atoms with E-state index in [1.807, 2.05) is 0 Å². The summed E-state index contributed by atoms with van der Waals surface area (Å²) >= 11 is 0. The predicted molar refractivity (Wildman–Crippen MR) is 176 cm³/mol. The Hall–Kier alpha value is -2.26. The third-order valence-corrected chi connectivity index (χ3v) is 15.8. The minimum atomic E-state index is -0.473. The fourth-order valence-corrected chi connectivity index (χ4v) is 15.7. The average molecular weight is 551 g/mol. The zero-order valence-electron chi connectivity index (χ0n) is 24.4. The van der Waals surface area contributed by atoms with E-state index in [-0.39, 0.29) is 7.92 Å². The van der Waals surface area contributed by atoms with Crippen LogP contribution in [0.2, 0.25) is 0 Å². The van der Waals surface area contributed by atoms with Crippen LogP contribution in [0.5, 0.6) is 0 Å². The van der Waals surface area contributed by atoms with Gasteiger partial charge in [0.1, 0.15) is 0 Å². The Bertz CT molecular complexity index is 1220. The molecule has 0 bridgehead atoms. The molecule has 0 radical (unpaired) electrons. The van der Waals surface area contributed by atoms with E-state index in [1.54, 1.807) is 21.7 Å². The second-order valence-corrected chi connectivity index (χ2v) is 17.1. The monoisotopic (exact) mass is 550 g/mol. The average Bonchev–Trinajstić information content (AvgIpc) is 3.36. The molecule has 1 saturated heterocycles. The van der Waals surface area contributed by atoms with Crippen molar-refractivity contribution in [3.8, 4) is 0 Å². The van der Waals surface area contributed by atoms with Crippen molar-refractivity contribution >= 4 is 26.5 Å². The van der Waals surface area contributed by atoms with Gasteiger partial charge in [-0.25, -0.2) is 0 Å². The first-order chi connectivity index (χ1) is 18.9. The highest BCUT2D eigenvalue weighted by Gasteiger charge is 2.45. The molecule has 5 rings (SSSR count). The van der Waals surface area contributed by atoms with E-state index >= 15 is 0 Å². The van der Waals surface area contributed by atoms with Crippen LogP contribution < -0.4 is 10.6 Å².